The summed E-state index contributed by atoms with van der Waals surface area (Å²) in [4.78, 5) is 4.42. The van der Waals surface area contributed by atoms with Gasteiger partial charge in [0.15, 0.2) is 5.96 Å². The molecule has 4 nitrogen and oxygen atoms in total. The summed E-state index contributed by atoms with van der Waals surface area (Å²) in [5, 5.41) is 7.66. The molecule has 1 aliphatic carbocycles. The molecule has 1 heterocycles. The van der Waals surface area contributed by atoms with Crippen LogP contribution in [0.4, 0.5) is 0 Å². The van der Waals surface area contributed by atoms with E-state index in [0.717, 1.165) is 37.5 Å². The number of thioether (sulfide) groups is 1. The van der Waals surface area contributed by atoms with E-state index in [0.29, 0.717) is 5.25 Å². The average molecular weight is 475 g/mol. The highest BCUT2D eigenvalue weighted by atomic mass is 127. The predicted molar refractivity (Wildman–Crippen MR) is 119 cm³/mol. The molecular formula is C19H30IN3OS. The molecule has 2 aliphatic rings. The number of nitrogens with one attached hydrogen (secondary N) is 2. The van der Waals surface area contributed by atoms with E-state index in [9.17, 15) is 0 Å². The second-order valence-electron chi connectivity index (χ2n) is 6.93. The minimum atomic E-state index is 0. The molecule has 1 aliphatic heterocycles. The number of rotatable bonds is 4. The lowest BCUT2D eigenvalue weighted by atomic mass is 9.86. The maximum atomic E-state index is 6.44. The Morgan fingerprint density at radius 3 is 2.76 bits per heavy atom. The number of fused-ring (bicyclic) bond motifs is 1. The van der Waals surface area contributed by atoms with Gasteiger partial charge in [-0.2, -0.15) is 11.8 Å². The summed E-state index contributed by atoms with van der Waals surface area (Å²) < 4.78 is 6.44. The van der Waals surface area contributed by atoms with Crippen molar-refractivity contribution < 1.29 is 4.74 Å². The zero-order chi connectivity index (χ0) is 17.0. The van der Waals surface area contributed by atoms with Crippen molar-refractivity contribution in [2.75, 3.05) is 19.8 Å². The Kier molecular flexibility index (Phi) is 7.73. The van der Waals surface area contributed by atoms with E-state index in [1.165, 1.54) is 18.4 Å². The second-order valence-corrected chi connectivity index (χ2v) is 8.21. The molecule has 1 spiro atoms. The maximum Gasteiger partial charge on any atom is 0.191 e. The molecule has 1 aromatic carbocycles. The molecule has 0 aromatic heterocycles. The Labute approximate surface area is 173 Å². The normalized spacial score (nSPS) is 22.5. The van der Waals surface area contributed by atoms with E-state index in [2.05, 4.69) is 53.1 Å². The third-order valence-electron chi connectivity index (χ3n) is 5.21. The highest BCUT2D eigenvalue weighted by Gasteiger charge is 2.43. The topological polar surface area (TPSA) is 45.7 Å². The van der Waals surface area contributed by atoms with Crippen molar-refractivity contribution in [2.24, 2.45) is 4.99 Å². The van der Waals surface area contributed by atoms with Crippen LogP contribution in [-0.4, -0.2) is 36.7 Å². The fraction of sp³-hybridized carbons (Fsp3) is 0.632. The summed E-state index contributed by atoms with van der Waals surface area (Å²) in [6, 6.07) is 8.69. The van der Waals surface area contributed by atoms with Gasteiger partial charge < -0.3 is 15.4 Å². The van der Waals surface area contributed by atoms with Gasteiger partial charge in [-0.15, -0.1) is 24.0 Å². The van der Waals surface area contributed by atoms with Crippen molar-refractivity contribution in [3.05, 3.63) is 29.8 Å². The molecule has 140 valence electrons. The van der Waals surface area contributed by atoms with Crippen LogP contribution in [0.5, 0.6) is 5.75 Å². The van der Waals surface area contributed by atoms with E-state index in [-0.39, 0.29) is 35.6 Å². The fourth-order valence-corrected chi connectivity index (χ4v) is 4.01. The van der Waals surface area contributed by atoms with Crippen LogP contribution in [0.2, 0.25) is 0 Å². The van der Waals surface area contributed by atoms with Gasteiger partial charge in [-0.05, 0) is 38.0 Å². The summed E-state index contributed by atoms with van der Waals surface area (Å²) in [5.41, 5.74) is 1.26. The van der Waals surface area contributed by atoms with Crippen molar-refractivity contribution >= 4 is 41.7 Å². The van der Waals surface area contributed by atoms with E-state index >= 15 is 0 Å². The minimum Gasteiger partial charge on any atom is -0.487 e. The van der Waals surface area contributed by atoms with Crippen LogP contribution < -0.4 is 15.4 Å². The molecule has 6 heteroatoms. The van der Waals surface area contributed by atoms with Gasteiger partial charge in [-0.3, -0.25) is 4.99 Å². The zero-order valence-electron chi connectivity index (χ0n) is 15.4. The van der Waals surface area contributed by atoms with Gasteiger partial charge >= 0.3 is 0 Å². The number of ether oxygens (including phenoxy) is 1. The molecular weight excluding hydrogens is 445 g/mol. The summed E-state index contributed by atoms with van der Waals surface area (Å²) in [5.74, 6) is 1.92. The van der Waals surface area contributed by atoms with Crippen molar-refractivity contribution in [3.8, 4) is 5.75 Å². The van der Waals surface area contributed by atoms with Crippen LogP contribution in [0, 0.1) is 0 Å². The SMILES string of the molecule is CN=C(NCC(C)SC)NC1CC2(CCCC2)Oc2ccccc21.I. The largest absolute Gasteiger partial charge is 0.487 e. The number of benzene rings is 1. The highest BCUT2D eigenvalue weighted by Crippen LogP contribution is 2.46. The molecule has 1 saturated carbocycles. The Balaban J connectivity index is 0.00000225. The maximum absolute atomic E-state index is 6.44. The second kappa shape index (κ2) is 9.35. The van der Waals surface area contributed by atoms with Crippen LogP contribution in [0.1, 0.15) is 50.6 Å². The van der Waals surface area contributed by atoms with Crippen molar-refractivity contribution in [3.63, 3.8) is 0 Å². The van der Waals surface area contributed by atoms with Crippen LogP contribution >= 0.6 is 35.7 Å². The van der Waals surface area contributed by atoms with E-state index < -0.39 is 0 Å². The van der Waals surface area contributed by atoms with Gasteiger partial charge in [0.25, 0.3) is 0 Å². The quantitative estimate of drug-likeness (QED) is 0.386. The number of nitrogens with zero attached hydrogens (tertiary/aromatic N) is 1. The number of hydrogen-bond acceptors (Lipinski definition) is 3. The first kappa shape index (κ1) is 20.7. The highest BCUT2D eigenvalue weighted by molar-refractivity contribution is 14.0. The number of para-hydroxylation sites is 1. The summed E-state index contributed by atoms with van der Waals surface area (Å²) >= 11 is 1.86. The smallest absolute Gasteiger partial charge is 0.191 e. The van der Waals surface area contributed by atoms with Gasteiger partial charge in [-0.25, -0.2) is 0 Å². The molecule has 1 aromatic rings. The fourth-order valence-electron chi connectivity index (χ4n) is 3.76. The molecule has 3 rings (SSSR count). The Morgan fingerprint density at radius 1 is 1.36 bits per heavy atom. The van der Waals surface area contributed by atoms with Crippen molar-refractivity contribution in [2.45, 2.75) is 55.9 Å². The Bertz CT molecular complexity index is 590. The minimum absolute atomic E-state index is 0. The van der Waals surface area contributed by atoms with E-state index in [1.807, 2.05) is 18.8 Å². The molecule has 0 saturated heterocycles. The summed E-state index contributed by atoms with van der Waals surface area (Å²) in [7, 11) is 1.84. The summed E-state index contributed by atoms with van der Waals surface area (Å²) in [6.45, 7) is 3.14. The van der Waals surface area contributed by atoms with Crippen LogP contribution in [0.15, 0.2) is 29.3 Å². The Morgan fingerprint density at radius 2 is 2.08 bits per heavy atom. The van der Waals surface area contributed by atoms with Gasteiger partial charge in [0.1, 0.15) is 11.4 Å². The molecule has 2 unspecified atom stereocenters. The van der Waals surface area contributed by atoms with Crippen LogP contribution in [-0.2, 0) is 0 Å². The zero-order valence-corrected chi connectivity index (χ0v) is 18.5. The standard InChI is InChI=1S/C19H29N3OS.HI/c1-14(24-3)13-21-18(20-2)22-16-12-19(10-6-7-11-19)23-17-9-5-4-8-15(16)17;/h4-5,8-9,14,16H,6-7,10-13H2,1-3H3,(H2,20,21,22);1H. The number of aliphatic imine (C=N–C) groups is 1. The van der Waals surface area contributed by atoms with Crippen LogP contribution in [0.25, 0.3) is 0 Å². The molecule has 2 N–H and O–H groups in total. The number of halogens is 1. The predicted octanol–water partition coefficient (Wildman–Crippen LogP) is 4.36. The lowest BCUT2D eigenvalue weighted by Gasteiger charge is -2.40. The average Bonchev–Trinajstić information content (AvgIpc) is 3.05. The van der Waals surface area contributed by atoms with Gasteiger partial charge in [0.05, 0.1) is 6.04 Å². The third kappa shape index (κ3) is 4.96. The molecule has 0 bridgehead atoms. The van der Waals surface area contributed by atoms with E-state index in [4.69, 9.17) is 4.74 Å². The number of guanidine groups is 1. The van der Waals surface area contributed by atoms with Gasteiger partial charge in [0, 0.05) is 30.8 Å². The third-order valence-corrected chi connectivity index (χ3v) is 6.18. The monoisotopic (exact) mass is 475 g/mol. The molecule has 0 radical (unpaired) electrons. The van der Waals surface area contributed by atoms with Crippen LogP contribution in [0.3, 0.4) is 0 Å². The van der Waals surface area contributed by atoms with E-state index in [1.54, 1.807) is 0 Å². The van der Waals surface area contributed by atoms with Gasteiger partial charge in [-0.1, -0.05) is 25.1 Å². The molecule has 0 amide bonds. The first-order chi connectivity index (χ1) is 11.7. The van der Waals surface area contributed by atoms with Gasteiger partial charge in [0.2, 0.25) is 0 Å². The van der Waals surface area contributed by atoms with Crippen molar-refractivity contribution in [1.82, 2.24) is 10.6 Å². The lowest BCUT2D eigenvalue weighted by molar-refractivity contribution is 0.0396. The molecule has 2 atom stereocenters. The molecule has 25 heavy (non-hydrogen) atoms. The Hall–Kier alpha value is -0.630. The molecule has 1 fully saturated rings. The van der Waals surface area contributed by atoms with Crippen molar-refractivity contribution in [1.29, 1.82) is 0 Å². The first-order valence-electron chi connectivity index (χ1n) is 8.94. The number of hydrogen-bond donors (Lipinski definition) is 2. The first-order valence-corrected chi connectivity index (χ1v) is 10.2. The summed E-state index contributed by atoms with van der Waals surface area (Å²) in [6.07, 6.45) is 8.02. The lowest BCUT2D eigenvalue weighted by Crippen LogP contribution is -2.47.